The molecule has 0 saturated carbocycles. The molecule has 0 aliphatic carbocycles. The molecule has 0 bridgehead atoms. The highest BCUT2D eigenvalue weighted by Crippen LogP contribution is 2.39. The molecule has 4 N–H and O–H groups in total. The highest BCUT2D eigenvalue weighted by molar-refractivity contribution is 5.95. The number of alkyl halides is 3. The Morgan fingerprint density at radius 1 is 1.06 bits per heavy atom. The normalized spacial score (nSPS) is 11.9. The molecule has 4 rings (SSSR count). The van der Waals surface area contributed by atoms with E-state index >= 15 is 0 Å². The summed E-state index contributed by atoms with van der Waals surface area (Å²) in [5.74, 6) is -0.530. The third-order valence-electron chi connectivity index (χ3n) is 5.57. The van der Waals surface area contributed by atoms with Crippen LogP contribution in [0.4, 0.5) is 40.6 Å². The summed E-state index contributed by atoms with van der Waals surface area (Å²) in [5.41, 5.74) is 7.33. The molecule has 0 fully saturated rings. The number of fused-ring (bicyclic) bond motifs is 1. The van der Waals surface area contributed by atoms with E-state index in [9.17, 15) is 17.6 Å². The van der Waals surface area contributed by atoms with Gasteiger partial charge in [0.15, 0.2) is 0 Å². The van der Waals surface area contributed by atoms with Gasteiger partial charge in [0.1, 0.15) is 11.4 Å². The first-order valence-corrected chi connectivity index (χ1v) is 10.8. The number of nitrogens with zero attached hydrogens (tertiary/aromatic N) is 4. The second-order valence-corrected chi connectivity index (χ2v) is 8.47. The summed E-state index contributed by atoms with van der Waals surface area (Å²) in [7, 11) is 5.90. The van der Waals surface area contributed by atoms with Crippen LogP contribution in [0.15, 0.2) is 48.8 Å². The van der Waals surface area contributed by atoms with Gasteiger partial charge in [0.05, 0.1) is 17.1 Å². The fraction of sp³-hybridized carbons (Fsp3) is 0.250. The van der Waals surface area contributed by atoms with Gasteiger partial charge in [-0.1, -0.05) is 0 Å². The quantitative estimate of drug-likeness (QED) is 0.248. The summed E-state index contributed by atoms with van der Waals surface area (Å²) >= 11 is 0. The molecule has 0 radical (unpaired) electrons. The summed E-state index contributed by atoms with van der Waals surface area (Å²) in [6.07, 6.45) is -2.57. The van der Waals surface area contributed by atoms with Crippen LogP contribution in [0, 0.1) is 5.82 Å². The highest BCUT2D eigenvalue weighted by Gasteiger charge is 2.36. The lowest BCUT2D eigenvalue weighted by Gasteiger charge is -2.23. The number of rotatable bonds is 7. The molecule has 4 aromatic rings. The molecule has 0 aliphatic rings. The minimum absolute atomic E-state index is 0.0300. The van der Waals surface area contributed by atoms with Crippen molar-refractivity contribution >= 4 is 33.9 Å². The Hall–Kier alpha value is -3.86. The monoisotopic (exact) mass is 487 g/mol. The number of nitrogen functional groups attached to an aromatic ring is 1. The van der Waals surface area contributed by atoms with Crippen LogP contribution in [0.5, 0.6) is 0 Å². The average Bonchev–Trinajstić information content (AvgIpc) is 3.19. The van der Waals surface area contributed by atoms with Gasteiger partial charge in [0.25, 0.3) is 0 Å². The van der Waals surface area contributed by atoms with Crippen LogP contribution in [0.2, 0.25) is 0 Å². The largest absolute Gasteiger partial charge is 0.419 e. The Balaban J connectivity index is 1.67. The molecule has 7 nitrogen and oxygen atoms in total. The minimum Gasteiger partial charge on any atom is -0.397 e. The zero-order valence-electron chi connectivity index (χ0n) is 19.4. The van der Waals surface area contributed by atoms with Gasteiger partial charge in [-0.2, -0.15) is 13.2 Å². The van der Waals surface area contributed by atoms with Gasteiger partial charge >= 0.3 is 6.18 Å². The molecule has 0 amide bonds. The number of nitrogens with one attached hydrogen (secondary N) is 2. The van der Waals surface area contributed by atoms with Crippen LogP contribution in [0.3, 0.4) is 0 Å². The molecule has 0 unspecified atom stereocenters. The molecule has 35 heavy (non-hydrogen) atoms. The van der Waals surface area contributed by atoms with Crippen LogP contribution < -0.4 is 16.0 Å². The number of anilines is 4. The Morgan fingerprint density at radius 2 is 1.83 bits per heavy atom. The topological polar surface area (TPSA) is 86.1 Å². The van der Waals surface area contributed by atoms with E-state index in [4.69, 9.17) is 5.73 Å². The molecule has 184 valence electrons. The number of halogens is 4. The number of hydrogen-bond acceptors (Lipinski definition) is 6. The van der Waals surface area contributed by atoms with E-state index in [1.807, 2.05) is 32.1 Å². The van der Waals surface area contributed by atoms with E-state index in [1.165, 1.54) is 24.4 Å². The second-order valence-electron chi connectivity index (χ2n) is 8.47. The molecule has 0 aliphatic heterocycles. The van der Waals surface area contributed by atoms with E-state index < -0.39 is 17.6 Å². The Bertz CT molecular complexity index is 1350. The first-order valence-electron chi connectivity index (χ1n) is 10.8. The first kappa shape index (κ1) is 24.3. The molecule has 0 saturated heterocycles. The molecule has 0 atom stereocenters. The van der Waals surface area contributed by atoms with Crippen molar-refractivity contribution in [2.24, 2.45) is 0 Å². The predicted molar refractivity (Wildman–Crippen MR) is 130 cm³/mol. The SMILES string of the molecule is CN(C)CCN(C)c1ccc(Nc2ncc(C(F)(F)F)c(-c3c[nH]c4cc(F)ccc34)n2)cc1N. The van der Waals surface area contributed by atoms with E-state index in [-0.39, 0.29) is 17.2 Å². The van der Waals surface area contributed by atoms with E-state index in [0.29, 0.717) is 22.3 Å². The van der Waals surface area contributed by atoms with Crippen molar-refractivity contribution in [3.05, 3.63) is 60.2 Å². The lowest BCUT2D eigenvalue weighted by molar-refractivity contribution is -0.137. The Kier molecular flexibility index (Phi) is 6.53. The predicted octanol–water partition coefficient (Wildman–Crippen LogP) is 5.11. The standard InChI is InChI=1S/C24H25F4N7/c1-34(2)8-9-35(3)21-7-5-15(11-19(21)29)32-23-31-13-18(24(26,27)28)22(33-23)17-12-30-20-10-14(25)4-6-16(17)20/h4-7,10-13,30H,8-9,29H2,1-3H3,(H,31,32,33). The number of benzene rings is 2. The molecular formula is C24H25F4N7. The van der Waals surface area contributed by atoms with Crippen LogP contribution >= 0.6 is 0 Å². The van der Waals surface area contributed by atoms with E-state index in [1.54, 1.807) is 12.1 Å². The summed E-state index contributed by atoms with van der Waals surface area (Å²) in [6, 6.07) is 9.08. The summed E-state index contributed by atoms with van der Waals surface area (Å²) < 4.78 is 54.8. The van der Waals surface area contributed by atoms with Crippen molar-refractivity contribution in [3.63, 3.8) is 0 Å². The number of aromatic nitrogens is 3. The lowest BCUT2D eigenvalue weighted by atomic mass is 10.1. The van der Waals surface area contributed by atoms with Gasteiger partial charge in [-0.05, 0) is 50.5 Å². The molecular weight excluding hydrogens is 462 g/mol. The number of H-pyrrole nitrogens is 1. The van der Waals surface area contributed by atoms with Crippen molar-refractivity contribution in [3.8, 4) is 11.3 Å². The van der Waals surface area contributed by atoms with Crippen molar-refractivity contribution < 1.29 is 17.6 Å². The van der Waals surface area contributed by atoms with Crippen LogP contribution in [0.25, 0.3) is 22.2 Å². The minimum atomic E-state index is -4.68. The smallest absolute Gasteiger partial charge is 0.397 e. The molecule has 2 aromatic heterocycles. The van der Waals surface area contributed by atoms with Crippen molar-refractivity contribution in [1.29, 1.82) is 0 Å². The summed E-state index contributed by atoms with van der Waals surface area (Å²) in [4.78, 5) is 14.9. The van der Waals surface area contributed by atoms with Gasteiger partial charge in [-0.15, -0.1) is 0 Å². The van der Waals surface area contributed by atoms with Crippen LogP contribution in [-0.4, -0.2) is 54.1 Å². The van der Waals surface area contributed by atoms with Crippen LogP contribution in [-0.2, 0) is 6.18 Å². The number of hydrogen-bond donors (Lipinski definition) is 3. The lowest BCUT2D eigenvalue weighted by Crippen LogP contribution is -2.28. The first-order chi connectivity index (χ1) is 16.5. The molecule has 11 heteroatoms. The summed E-state index contributed by atoms with van der Waals surface area (Å²) in [5, 5.41) is 3.35. The number of aromatic amines is 1. The highest BCUT2D eigenvalue weighted by atomic mass is 19.4. The maximum Gasteiger partial charge on any atom is 0.419 e. The second kappa shape index (κ2) is 9.41. The van der Waals surface area contributed by atoms with Gasteiger partial charge in [-0.25, -0.2) is 14.4 Å². The average molecular weight is 488 g/mol. The maximum atomic E-state index is 13.8. The molecule has 2 aromatic carbocycles. The molecule has 2 heterocycles. The van der Waals surface area contributed by atoms with Gasteiger partial charge in [0.2, 0.25) is 5.95 Å². The summed E-state index contributed by atoms with van der Waals surface area (Å²) in [6.45, 7) is 1.61. The number of likely N-dealkylation sites (N-methyl/N-ethyl adjacent to an activating group) is 2. The number of nitrogens with two attached hydrogens (primary N) is 1. The van der Waals surface area contributed by atoms with Crippen molar-refractivity contribution in [2.75, 3.05) is 50.2 Å². The fourth-order valence-electron chi connectivity index (χ4n) is 3.73. The van der Waals surface area contributed by atoms with E-state index in [2.05, 4.69) is 25.2 Å². The zero-order chi connectivity index (χ0) is 25.3. The zero-order valence-corrected chi connectivity index (χ0v) is 19.4. The van der Waals surface area contributed by atoms with Gasteiger partial charge in [-0.3, -0.25) is 0 Å². The maximum absolute atomic E-state index is 13.8. The Morgan fingerprint density at radius 3 is 2.51 bits per heavy atom. The van der Waals surface area contributed by atoms with Gasteiger partial charge in [0, 0.05) is 54.7 Å². The van der Waals surface area contributed by atoms with E-state index in [0.717, 1.165) is 25.0 Å². The fourth-order valence-corrected chi connectivity index (χ4v) is 3.73. The molecule has 0 spiro atoms. The third kappa shape index (κ3) is 5.29. The third-order valence-corrected chi connectivity index (χ3v) is 5.57. The Labute approximate surface area is 199 Å². The van der Waals surface area contributed by atoms with Crippen molar-refractivity contribution in [1.82, 2.24) is 19.9 Å². The van der Waals surface area contributed by atoms with Crippen LogP contribution in [0.1, 0.15) is 5.56 Å². The van der Waals surface area contributed by atoms with Gasteiger partial charge < -0.3 is 25.8 Å². The van der Waals surface area contributed by atoms with Crippen molar-refractivity contribution in [2.45, 2.75) is 6.18 Å².